The predicted octanol–water partition coefficient (Wildman–Crippen LogP) is 8.21. The number of hydrogen-bond acceptors (Lipinski definition) is 4. The zero-order valence-electron chi connectivity index (χ0n) is 17.2. The van der Waals surface area contributed by atoms with Crippen molar-refractivity contribution in [1.82, 2.24) is 0 Å². The Morgan fingerprint density at radius 1 is 1.03 bits per heavy atom. The lowest BCUT2D eigenvalue weighted by Crippen LogP contribution is -2.14. The van der Waals surface area contributed by atoms with E-state index in [0.29, 0.717) is 5.56 Å². The maximum Gasteiger partial charge on any atom is 0.416 e. The van der Waals surface area contributed by atoms with Crippen LogP contribution >= 0.6 is 39.1 Å². The molecule has 0 bridgehead atoms. The summed E-state index contributed by atoms with van der Waals surface area (Å²) in [6.07, 6.45) is -4.57. The van der Waals surface area contributed by atoms with Crippen molar-refractivity contribution in [2.24, 2.45) is 0 Å². The molecule has 1 atom stereocenters. The van der Waals surface area contributed by atoms with Gasteiger partial charge in [0.1, 0.15) is 23.2 Å². The van der Waals surface area contributed by atoms with Crippen LogP contribution in [-0.4, -0.2) is 12.4 Å². The first-order valence-corrected chi connectivity index (χ1v) is 11.3. The van der Waals surface area contributed by atoms with E-state index >= 15 is 0 Å². The van der Waals surface area contributed by atoms with E-state index in [4.69, 9.17) is 32.7 Å². The number of alkyl halides is 3. The third kappa shape index (κ3) is 6.66. The Labute approximate surface area is 211 Å². The molecule has 0 aliphatic carbocycles. The molecular weight excluding hydrogens is 558 g/mol. The van der Waals surface area contributed by atoms with E-state index in [2.05, 4.69) is 15.9 Å². The number of ketones is 1. The second-order valence-electron chi connectivity index (χ2n) is 7.02. The van der Waals surface area contributed by atoms with E-state index in [1.807, 2.05) is 6.07 Å². The van der Waals surface area contributed by atoms with Crippen LogP contribution in [0.1, 0.15) is 23.5 Å². The second-order valence-corrected chi connectivity index (χ2v) is 8.75. The topological polar surface area (TPSA) is 59.3 Å². The van der Waals surface area contributed by atoms with Crippen LogP contribution in [0.4, 0.5) is 13.2 Å². The van der Waals surface area contributed by atoms with Gasteiger partial charge >= 0.3 is 6.18 Å². The first-order valence-electron chi connectivity index (χ1n) is 9.73. The van der Waals surface area contributed by atoms with Crippen LogP contribution in [0.25, 0.3) is 0 Å². The summed E-state index contributed by atoms with van der Waals surface area (Å²) < 4.78 is 50.4. The number of ether oxygens (including phenoxy) is 2. The Morgan fingerprint density at radius 2 is 1.79 bits per heavy atom. The number of rotatable bonds is 8. The standard InChI is InChI=1S/C24H15BrCl2F3NO3/c25-16-3-1-2-14(10-16)18(13-31)21(32)8-9-33-23-12-17(5-6-19(23)26)34-22-7-4-15(11-20(22)27)24(28,29)30/h1-7,10-12,18H,8-9H2. The summed E-state index contributed by atoms with van der Waals surface area (Å²) in [6.45, 7) is -0.0464. The molecular formula is C24H15BrCl2F3NO3. The van der Waals surface area contributed by atoms with Gasteiger partial charge < -0.3 is 9.47 Å². The first-order chi connectivity index (χ1) is 16.1. The van der Waals surface area contributed by atoms with Gasteiger partial charge in [-0.2, -0.15) is 18.4 Å². The summed E-state index contributed by atoms with van der Waals surface area (Å²) in [6, 6.07) is 16.1. The van der Waals surface area contributed by atoms with Crippen molar-refractivity contribution in [1.29, 1.82) is 5.26 Å². The molecule has 0 spiro atoms. The molecule has 0 aliphatic rings. The Kier molecular flexibility index (Phi) is 8.47. The van der Waals surface area contributed by atoms with Crippen molar-refractivity contribution < 1.29 is 27.4 Å². The largest absolute Gasteiger partial charge is 0.491 e. The maximum absolute atomic E-state index is 12.8. The molecule has 4 nitrogen and oxygen atoms in total. The third-order valence-corrected chi connectivity index (χ3v) is 5.73. The maximum atomic E-state index is 12.8. The molecule has 0 radical (unpaired) electrons. The number of carbonyl (C=O) groups excluding carboxylic acids is 1. The Bertz CT molecular complexity index is 1240. The quantitative estimate of drug-likeness (QED) is 0.273. The lowest BCUT2D eigenvalue weighted by Gasteiger charge is -2.13. The molecule has 176 valence electrons. The number of halogens is 6. The SMILES string of the molecule is N#CC(C(=O)CCOc1cc(Oc2ccc(C(F)(F)F)cc2Cl)ccc1Cl)c1cccc(Br)c1. The predicted molar refractivity (Wildman–Crippen MR) is 126 cm³/mol. The van der Waals surface area contributed by atoms with Crippen LogP contribution in [0.3, 0.4) is 0 Å². The van der Waals surface area contributed by atoms with Crippen molar-refractivity contribution in [3.63, 3.8) is 0 Å². The summed E-state index contributed by atoms with van der Waals surface area (Å²) in [5, 5.41) is 9.45. The van der Waals surface area contributed by atoms with E-state index in [1.54, 1.807) is 24.3 Å². The molecule has 0 aromatic heterocycles. The number of nitriles is 1. The zero-order valence-corrected chi connectivity index (χ0v) is 20.3. The van der Waals surface area contributed by atoms with Crippen molar-refractivity contribution in [3.8, 4) is 23.3 Å². The van der Waals surface area contributed by atoms with E-state index in [9.17, 15) is 23.2 Å². The van der Waals surface area contributed by atoms with Gasteiger partial charge in [-0.25, -0.2) is 0 Å². The molecule has 0 fully saturated rings. The summed E-state index contributed by atoms with van der Waals surface area (Å²) in [5.74, 6) is -0.819. The molecule has 3 rings (SSSR count). The fraction of sp³-hybridized carbons (Fsp3) is 0.167. The molecule has 0 N–H and O–H groups in total. The molecule has 3 aromatic carbocycles. The number of carbonyl (C=O) groups is 1. The van der Waals surface area contributed by atoms with Crippen molar-refractivity contribution in [3.05, 3.63) is 86.3 Å². The van der Waals surface area contributed by atoms with Crippen LogP contribution in [0, 0.1) is 11.3 Å². The van der Waals surface area contributed by atoms with Gasteiger partial charge in [-0.1, -0.05) is 51.3 Å². The Balaban J connectivity index is 1.65. The first kappa shape index (κ1) is 25.9. The molecule has 0 aliphatic heterocycles. The molecule has 1 unspecified atom stereocenters. The fourth-order valence-electron chi connectivity index (χ4n) is 2.97. The molecule has 3 aromatic rings. The Morgan fingerprint density at radius 3 is 2.44 bits per heavy atom. The lowest BCUT2D eigenvalue weighted by atomic mass is 9.95. The summed E-state index contributed by atoms with van der Waals surface area (Å²) in [4.78, 5) is 12.5. The van der Waals surface area contributed by atoms with Gasteiger partial charge in [-0.15, -0.1) is 0 Å². The van der Waals surface area contributed by atoms with E-state index < -0.39 is 17.7 Å². The minimum atomic E-state index is -4.53. The van der Waals surface area contributed by atoms with Crippen LogP contribution in [-0.2, 0) is 11.0 Å². The van der Waals surface area contributed by atoms with Gasteiger partial charge in [0.25, 0.3) is 0 Å². The minimum absolute atomic E-state index is 0.0176. The molecule has 0 saturated heterocycles. The Hall–Kier alpha value is -2.73. The highest BCUT2D eigenvalue weighted by Gasteiger charge is 2.31. The molecule has 0 saturated carbocycles. The van der Waals surface area contributed by atoms with E-state index in [0.717, 1.165) is 22.7 Å². The molecule has 10 heteroatoms. The number of nitrogens with zero attached hydrogens (tertiary/aromatic N) is 1. The average molecular weight is 573 g/mol. The van der Waals surface area contributed by atoms with Crippen LogP contribution in [0.5, 0.6) is 17.2 Å². The van der Waals surface area contributed by atoms with Gasteiger partial charge in [0, 0.05) is 17.0 Å². The monoisotopic (exact) mass is 571 g/mol. The van der Waals surface area contributed by atoms with Crippen LogP contribution in [0.2, 0.25) is 10.0 Å². The van der Waals surface area contributed by atoms with Crippen molar-refractivity contribution >= 4 is 44.9 Å². The van der Waals surface area contributed by atoms with Gasteiger partial charge in [0.15, 0.2) is 5.78 Å². The highest BCUT2D eigenvalue weighted by atomic mass is 79.9. The minimum Gasteiger partial charge on any atom is -0.491 e. The van der Waals surface area contributed by atoms with Gasteiger partial charge in [0.05, 0.1) is 28.3 Å². The summed E-state index contributed by atoms with van der Waals surface area (Å²) in [7, 11) is 0. The third-order valence-electron chi connectivity index (χ3n) is 4.63. The van der Waals surface area contributed by atoms with Gasteiger partial charge in [-0.3, -0.25) is 4.79 Å². The van der Waals surface area contributed by atoms with Gasteiger partial charge in [0.2, 0.25) is 0 Å². The van der Waals surface area contributed by atoms with Crippen LogP contribution in [0.15, 0.2) is 65.1 Å². The zero-order chi connectivity index (χ0) is 24.9. The number of benzene rings is 3. The van der Waals surface area contributed by atoms with E-state index in [-0.39, 0.29) is 46.1 Å². The molecule has 34 heavy (non-hydrogen) atoms. The normalized spacial score (nSPS) is 12.0. The lowest BCUT2D eigenvalue weighted by molar-refractivity contribution is -0.137. The fourth-order valence-corrected chi connectivity index (χ4v) is 3.78. The highest BCUT2D eigenvalue weighted by molar-refractivity contribution is 9.10. The van der Waals surface area contributed by atoms with E-state index in [1.165, 1.54) is 18.2 Å². The van der Waals surface area contributed by atoms with Crippen molar-refractivity contribution in [2.75, 3.05) is 6.61 Å². The molecule has 0 heterocycles. The number of hydrogen-bond donors (Lipinski definition) is 0. The average Bonchev–Trinajstić information content (AvgIpc) is 2.77. The van der Waals surface area contributed by atoms with Gasteiger partial charge in [-0.05, 0) is 48.0 Å². The summed E-state index contributed by atoms with van der Waals surface area (Å²) >= 11 is 15.4. The van der Waals surface area contributed by atoms with Crippen molar-refractivity contribution in [2.45, 2.75) is 18.5 Å². The summed E-state index contributed by atoms with van der Waals surface area (Å²) in [5.41, 5.74) is -0.322. The highest BCUT2D eigenvalue weighted by Crippen LogP contribution is 2.38. The second kappa shape index (κ2) is 11.1. The number of Topliss-reactive ketones (excluding diaryl/α,β-unsaturated/α-hetero) is 1. The smallest absolute Gasteiger partial charge is 0.416 e. The van der Waals surface area contributed by atoms with Crippen LogP contribution < -0.4 is 9.47 Å². The molecule has 0 amide bonds.